The summed E-state index contributed by atoms with van der Waals surface area (Å²) in [6.45, 7) is 0.344. The van der Waals surface area contributed by atoms with E-state index < -0.39 is 0 Å². The summed E-state index contributed by atoms with van der Waals surface area (Å²) >= 11 is 0. The predicted octanol–water partition coefficient (Wildman–Crippen LogP) is -0.207. The Labute approximate surface area is 89.3 Å². The molecule has 0 aliphatic heterocycles. The normalized spacial score (nSPS) is 24.9. The maximum atomic E-state index is 11.5. The average molecular weight is 214 g/mol. The van der Waals surface area contributed by atoms with E-state index >= 15 is 0 Å². The first-order chi connectivity index (χ1) is 7.13. The van der Waals surface area contributed by atoms with Gasteiger partial charge in [0.15, 0.2) is 0 Å². The minimum Gasteiger partial charge on any atom is -0.469 e. The zero-order valence-electron chi connectivity index (χ0n) is 8.99. The lowest BCUT2D eigenvalue weighted by Gasteiger charge is -2.09. The number of nitrogens with one attached hydrogen (secondary N) is 1. The molecule has 0 aromatic rings. The fourth-order valence-electron chi connectivity index (χ4n) is 1.79. The van der Waals surface area contributed by atoms with E-state index in [-0.39, 0.29) is 30.3 Å². The number of amides is 1. The van der Waals surface area contributed by atoms with Crippen molar-refractivity contribution in [3.8, 4) is 0 Å². The van der Waals surface area contributed by atoms with Gasteiger partial charge in [-0.05, 0) is 19.3 Å². The lowest BCUT2D eigenvalue weighted by molar-refractivity contribution is -0.140. The highest BCUT2D eigenvalue weighted by Gasteiger charge is 2.27. The van der Waals surface area contributed by atoms with E-state index in [0.29, 0.717) is 6.54 Å². The van der Waals surface area contributed by atoms with Crippen LogP contribution in [0.4, 0.5) is 0 Å². The van der Waals surface area contributed by atoms with Crippen LogP contribution in [0.5, 0.6) is 0 Å². The van der Waals surface area contributed by atoms with Gasteiger partial charge in [-0.2, -0.15) is 0 Å². The van der Waals surface area contributed by atoms with E-state index in [0.717, 1.165) is 19.3 Å². The fraction of sp³-hybridized carbons (Fsp3) is 0.800. The van der Waals surface area contributed by atoms with Crippen LogP contribution in [-0.2, 0) is 14.3 Å². The van der Waals surface area contributed by atoms with Crippen LogP contribution in [-0.4, -0.2) is 31.6 Å². The van der Waals surface area contributed by atoms with Crippen LogP contribution in [0, 0.1) is 5.92 Å². The minimum atomic E-state index is -0.307. The number of carbonyl (C=O) groups is 2. The van der Waals surface area contributed by atoms with E-state index in [2.05, 4.69) is 10.1 Å². The van der Waals surface area contributed by atoms with Gasteiger partial charge in [0.1, 0.15) is 0 Å². The highest BCUT2D eigenvalue weighted by atomic mass is 16.5. The molecule has 0 heterocycles. The highest BCUT2D eigenvalue weighted by Crippen LogP contribution is 2.23. The van der Waals surface area contributed by atoms with Gasteiger partial charge in [-0.3, -0.25) is 9.59 Å². The van der Waals surface area contributed by atoms with E-state index in [9.17, 15) is 9.59 Å². The second-order valence-electron chi connectivity index (χ2n) is 3.89. The molecular weight excluding hydrogens is 196 g/mol. The van der Waals surface area contributed by atoms with Crippen molar-refractivity contribution in [2.24, 2.45) is 11.7 Å². The smallest absolute Gasteiger partial charge is 0.307 e. The molecule has 0 saturated heterocycles. The number of esters is 1. The molecule has 0 aromatic heterocycles. The van der Waals surface area contributed by atoms with Gasteiger partial charge in [-0.15, -0.1) is 0 Å². The zero-order chi connectivity index (χ0) is 11.3. The largest absolute Gasteiger partial charge is 0.469 e. The third kappa shape index (κ3) is 3.87. The first-order valence-electron chi connectivity index (χ1n) is 5.23. The maximum Gasteiger partial charge on any atom is 0.307 e. The van der Waals surface area contributed by atoms with Gasteiger partial charge in [0.25, 0.3) is 0 Å². The summed E-state index contributed by atoms with van der Waals surface area (Å²) < 4.78 is 4.46. The summed E-state index contributed by atoms with van der Waals surface area (Å²) in [6, 6.07) is 0.154. The molecule has 5 nitrogen and oxygen atoms in total. The van der Waals surface area contributed by atoms with Crippen molar-refractivity contribution < 1.29 is 14.3 Å². The van der Waals surface area contributed by atoms with E-state index in [4.69, 9.17) is 5.73 Å². The second-order valence-corrected chi connectivity index (χ2v) is 3.89. The number of hydrogen-bond donors (Lipinski definition) is 2. The maximum absolute atomic E-state index is 11.5. The Morgan fingerprint density at radius 3 is 2.73 bits per heavy atom. The van der Waals surface area contributed by atoms with Gasteiger partial charge in [0, 0.05) is 18.5 Å². The highest BCUT2D eigenvalue weighted by molar-refractivity contribution is 5.79. The predicted molar refractivity (Wildman–Crippen MR) is 55.0 cm³/mol. The number of carbonyl (C=O) groups excluding carboxylic acids is 2. The molecule has 5 heteroatoms. The van der Waals surface area contributed by atoms with Crippen molar-refractivity contribution >= 4 is 11.9 Å². The Kier molecular flexibility index (Phi) is 4.55. The molecule has 0 bridgehead atoms. The molecule has 86 valence electrons. The quantitative estimate of drug-likeness (QED) is 0.635. The van der Waals surface area contributed by atoms with Crippen molar-refractivity contribution in [2.45, 2.75) is 31.7 Å². The van der Waals surface area contributed by atoms with Crippen LogP contribution in [0.2, 0.25) is 0 Å². The number of nitrogens with two attached hydrogens (primary N) is 1. The van der Waals surface area contributed by atoms with Crippen molar-refractivity contribution in [1.82, 2.24) is 5.32 Å². The number of hydrogen-bond acceptors (Lipinski definition) is 4. The first kappa shape index (κ1) is 12.0. The lowest BCUT2D eigenvalue weighted by Crippen LogP contribution is -2.32. The summed E-state index contributed by atoms with van der Waals surface area (Å²) in [5.74, 6) is -0.275. The summed E-state index contributed by atoms with van der Waals surface area (Å²) in [4.78, 5) is 22.3. The Bertz CT molecular complexity index is 243. The fourth-order valence-corrected chi connectivity index (χ4v) is 1.79. The topological polar surface area (TPSA) is 81.4 Å². The summed E-state index contributed by atoms with van der Waals surface area (Å²) in [6.07, 6.45) is 2.74. The molecule has 2 unspecified atom stereocenters. The number of rotatable bonds is 4. The second kappa shape index (κ2) is 5.70. The zero-order valence-corrected chi connectivity index (χ0v) is 8.99. The summed E-state index contributed by atoms with van der Waals surface area (Å²) in [5, 5.41) is 2.72. The molecule has 1 aliphatic rings. The van der Waals surface area contributed by atoms with Crippen molar-refractivity contribution in [3.05, 3.63) is 0 Å². The van der Waals surface area contributed by atoms with Crippen molar-refractivity contribution in [3.63, 3.8) is 0 Å². The Balaban J connectivity index is 2.16. The summed E-state index contributed by atoms with van der Waals surface area (Å²) in [5.41, 5.74) is 5.71. The van der Waals surface area contributed by atoms with Gasteiger partial charge in [-0.1, -0.05) is 0 Å². The lowest BCUT2D eigenvalue weighted by atomic mass is 10.1. The molecule has 1 saturated carbocycles. The Morgan fingerprint density at radius 1 is 1.47 bits per heavy atom. The monoisotopic (exact) mass is 214 g/mol. The molecule has 1 amide bonds. The molecule has 15 heavy (non-hydrogen) atoms. The van der Waals surface area contributed by atoms with Crippen molar-refractivity contribution in [1.29, 1.82) is 0 Å². The molecule has 0 spiro atoms. The SMILES string of the molecule is COC(=O)CCNC(=O)C1CCC(N)C1. The van der Waals surface area contributed by atoms with Crippen LogP contribution >= 0.6 is 0 Å². The third-order valence-electron chi connectivity index (χ3n) is 2.70. The first-order valence-corrected chi connectivity index (χ1v) is 5.23. The van der Waals surface area contributed by atoms with Crippen LogP contribution in [0.15, 0.2) is 0 Å². The van der Waals surface area contributed by atoms with Crippen LogP contribution in [0.3, 0.4) is 0 Å². The molecular formula is C10H18N2O3. The van der Waals surface area contributed by atoms with Crippen LogP contribution < -0.4 is 11.1 Å². The minimum absolute atomic E-state index is 0.00635. The Hall–Kier alpha value is -1.10. The summed E-state index contributed by atoms with van der Waals surface area (Å²) in [7, 11) is 1.33. The van der Waals surface area contributed by atoms with Gasteiger partial charge in [-0.25, -0.2) is 0 Å². The van der Waals surface area contributed by atoms with E-state index in [1.54, 1.807) is 0 Å². The average Bonchev–Trinajstić information content (AvgIpc) is 2.64. The van der Waals surface area contributed by atoms with Gasteiger partial charge in [0.2, 0.25) is 5.91 Å². The number of ether oxygens (including phenoxy) is 1. The third-order valence-corrected chi connectivity index (χ3v) is 2.70. The molecule has 1 fully saturated rings. The molecule has 0 radical (unpaired) electrons. The molecule has 0 aromatic carbocycles. The number of methoxy groups -OCH3 is 1. The van der Waals surface area contributed by atoms with Gasteiger partial charge in [0.05, 0.1) is 13.5 Å². The van der Waals surface area contributed by atoms with Gasteiger partial charge < -0.3 is 15.8 Å². The molecule has 1 rings (SSSR count). The van der Waals surface area contributed by atoms with E-state index in [1.807, 2.05) is 0 Å². The molecule has 2 atom stereocenters. The molecule has 1 aliphatic carbocycles. The van der Waals surface area contributed by atoms with E-state index in [1.165, 1.54) is 7.11 Å². The molecule has 3 N–H and O–H groups in total. The van der Waals surface area contributed by atoms with Crippen LogP contribution in [0.1, 0.15) is 25.7 Å². The standard InChI is InChI=1S/C10H18N2O3/c1-15-9(13)4-5-12-10(14)7-2-3-8(11)6-7/h7-8H,2-6,11H2,1H3,(H,12,14). The van der Waals surface area contributed by atoms with Gasteiger partial charge >= 0.3 is 5.97 Å². The Morgan fingerprint density at radius 2 is 2.20 bits per heavy atom. The van der Waals surface area contributed by atoms with Crippen LogP contribution in [0.25, 0.3) is 0 Å². The van der Waals surface area contributed by atoms with Crippen molar-refractivity contribution in [2.75, 3.05) is 13.7 Å².